The fourth-order valence-electron chi connectivity index (χ4n) is 2.12. The van der Waals surface area contributed by atoms with E-state index in [9.17, 15) is 18.8 Å². The number of methoxy groups -OCH3 is 1. The van der Waals surface area contributed by atoms with Gasteiger partial charge < -0.3 is 14.5 Å². The van der Waals surface area contributed by atoms with Gasteiger partial charge in [-0.3, -0.25) is 4.79 Å². The molecule has 0 bridgehead atoms. The van der Waals surface area contributed by atoms with Crippen LogP contribution in [0.2, 0.25) is 0 Å². The van der Waals surface area contributed by atoms with Crippen molar-refractivity contribution in [1.29, 1.82) is 0 Å². The molecule has 1 atom stereocenters. The number of carbonyl (C=O) groups is 2. The first-order chi connectivity index (χ1) is 12.4. The van der Waals surface area contributed by atoms with Crippen molar-refractivity contribution in [2.45, 2.75) is 19.0 Å². The Bertz CT molecular complexity index is 818. The molecule has 8 nitrogen and oxygen atoms in total. The number of esters is 1. The van der Waals surface area contributed by atoms with Gasteiger partial charge in [-0.05, 0) is 42.7 Å². The van der Waals surface area contributed by atoms with Gasteiger partial charge in [-0.15, -0.1) is 5.10 Å². The summed E-state index contributed by atoms with van der Waals surface area (Å²) in [4.78, 5) is 35.7. The van der Waals surface area contributed by atoms with Crippen LogP contribution in [-0.2, 0) is 20.9 Å². The number of carbonyl (C=O) groups excluding carboxylic acids is 2. The van der Waals surface area contributed by atoms with Gasteiger partial charge in [0.1, 0.15) is 18.4 Å². The first-order valence-corrected chi connectivity index (χ1v) is 9.04. The lowest BCUT2D eigenvalue weighted by Crippen LogP contribution is -2.44. The standard InChI is InChI=1S/C16H18FN3O5S/c1-24-15(22)12(7-8-26-2)18-13(21)9-20-16(23)25-14(19-20)10-3-5-11(17)6-4-10/h3-6,12H,7-9H2,1-2H3,(H,18,21)/t12-/m1/s1. The van der Waals surface area contributed by atoms with Gasteiger partial charge in [-0.1, -0.05) is 0 Å². The molecule has 10 heteroatoms. The van der Waals surface area contributed by atoms with Gasteiger partial charge in [0.05, 0.1) is 7.11 Å². The number of hydrogen-bond donors (Lipinski definition) is 1. The predicted molar refractivity (Wildman–Crippen MR) is 93.1 cm³/mol. The second-order valence-corrected chi connectivity index (χ2v) is 6.25. The van der Waals surface area contributed by atoms with Crippen molar-refractivity contribution < 1.29 is 23.1 Å². The second-order valence-electron chi connectivity index (χ2n) is 5.26. The third kappa shape index (κ3) is 5.19. The number of rotatable bonds is 8. The lowest BCUT2D eigenvalue weighted by atomic mass is 10.2. The monoisotopic (exact) mass is 383 g/mol. The summed E-state index contributed by atoms with van der Waals surface area (Å²) in [7, 11) is 1.23. The highest BCUT2D eigenvalue weighted by Crippen LogP contribution is 2.15. The zero-order valence-corrected chi connectivity index (χ0v) is 15.0. The Kier molecular flexibility index (Phi) is 6.96. The molecule has 1 aromatic heterocycles. The molecule has 140 valence electrons. The van der Waals surface area contributed by atoms with Crippen molar-refractivity contribution in [3.8, 4) is 11.5 Å². The first-order valence-electron chi connectivity index (χ1n) is 7.64. The van der Waals surface area contributed by atoms with E-state index >= 15 is 0 Å². The molecule has 1 aromatic carbocycles. The number of thioether (sulfide) groups is 1. The molecule has 1 amide bonds. The normalized spacial score (nSPS) is 11.8. The van der Waals surface area contributed by atoms with Crippen LogP contribution in [0.15, 0.2) is 33.5 Å². The Hall–Kier alpha value is -2.62. The van der Waals surface area contributed by atoms with E-state index in [1.54, 1.807) is 0 Å². The molecular formula is C16H18FN3O5S. The molecule has 0 aliphatic carbocycles. The summed E-state index contributed by atoms with van der Waals surface area (Å²) < 4.78 is 23.4. The molecule has 0 aliphatic heterocycles. The van der Waals surface area contributed by atoms with Gasteiger partial charge in [-0.25, -0.2) is 14.0 Å². The summed E-state index contributed by atoms with van der Waals surface area (Å²) in [5.74, 6) is -1.80. The minimum absolute atomic E-state index is 0.0327. The molecule has 0 saturated heterocycles. The van der Waals surface area contributed by atoms with Crippen molar-refractivity contribution >= 4 is 23.6 Å². The largest absolute Gasteiger partial charge is 0.467 e. The van der Waals surface area contributed by atoms with Crippen LogP contribution >= 0.6 is 11.8 Å². The molecule has 0 unspecified atom stereocenters. The van der Waals surface area contributed by atoms with E-state index in [0.29, 0.717) is 17.7 Å². The van der Waals surface area contributed by atoms with Gasteiger partial charge in [0, 0.05) is 5.56 Å². The average Bonchev–Trinajstić information content (AvgIpc) is 2.99. The van der Waals surface area contributed by atoms with Crippen molar-refractivity contribution in [2.75, 3.05) is 19.1 Å². The average molecular weight is 383 g/mol. The number of benzene rings is 1. The molecule has 0 radical (unpaired) electrons. The third-order valence-corrected chi connectivity index (χ3v) is 4.07. The number of halogens is 1. The fraction of sp³-hybridized carbons (Fsp3) is 0.375. The quantitative estimate of drug-likeness (QED) is 0.680. The summed E-state index contributed by atoms with van der Waals surface area (Å²) in [5.41, 5.74) is 0.398. The summed E-state index contributed by atoms with van der Waals surface area (Å²) in [5, 5.41) is 6.43. The van der Waals surface area contributed by atoms with Crippen molar-refractivity contribution in [2.24, 2.45) is 0 Å². The Morgan fingerprint density at radius 2 is 2.08 bits per heavy atom. The van der Waals surface area contributed by atoms with E-state index in [1.165, 1.54) is 43.1 Å². The van der Waals surface area contributed by atoms with Crippen LogP contribution in [0.1, 0.15) is 6.42 Å². The van der Waals surface area contributed by atoms with Crippen LogP contribution in [0.5, 0.6) is 0 Å². The third-order valence-electron chi connectivity index (χ3n) is 3.42. The molecule has 2 rings (SSSR count). The van der Waals surface area contributed by atoms with Crippen LogP contribution in [0.25, 0.3) is 11.5 Å². The number of ether oxygens (including phenoxy) is 1. The maximum atomic E-state index is 13.0. The number of aromatic nitrogens is 2. The van der Waals surface area contributed by atoms with Crippen LogP contribution in [0, 0.1) is 5.82 Å². The number of nitrogens with one attached hydrogen (secondary N) is 1. The smallest absolute Gasteiger partial charge is 0.437 e. The van der Waals surface area contributed by atoms with E-state index in [2.05, 4.69) is 15.2 Å². The molecule has 1 N–H and O–H groups in total. The predicted octanol–water partition coefficient (Wildman–Crippen LogP) is 1.05. The van der Waals surface area contributed by atoms with Gasteiger partial charge in [0.15, 0.2) is 0 Å². The molecule has 0 fully saturated rings. The van der Waals surface area contributed by atoms with E-state index in [0.717, 1.165) is 4.68 Å². The summed E-state index contributed by atoms with van der Waals surface area (Å²) in [6.45, 7) is -0.420. The number of nitrogens with zero attached hydrogens (tertiary/aromatic N) is 2. The molecule has 0 spiro atoms. The molecule has 0 saturated carbocycles. The highest BCUT2D eigenvalue weighted by Gasteiger charge is 2.22. The van der Waals surface area contributed by atoms with Crippen LogP contribution in [-0.4, -0.2) is 46.8 Å². The van der Waals surface area contributed by atoms with E-state index < -0.39 is 36.0 Å². The van der Waals surface area contributed by atoms with Gasteiger partial charge in [0.25, 0.3) is 0 Å². The lowest BCUT2D eigenvalue weighted by molar-refractivity contribution is -0.145. The van der Waals surface area contributed by atoms with E-state index in [1.807, 2.05) is 6.26 Å². The fourth-order valence-corrected chi connectivity index (χ4v) is 2.59. The summed E-state index contributed by atoms with van der Waals surface area (Å²) in [6.07, 6.45) is 2.27. The minimum atomic E-state index is -0.835. The number of amides is 1. The first kappa shape index (κ1) is 19.7. The SMILES string of the molecule is COC(=O)[C@@H](CCSC)NC(=O)Cn1nc(-c2ccc(F)cc2)oc1=O. The van der Waals surface area contributed by atoms with Gasteiger partial charge in [-0.2, -0.15) is 16.4 Å². The highest BCUT2D eigenvalue weighted by molar-refractivity contribution is 7.98. The molecule has 1 heterocycles. The van der Waals surface area contributed by atoms with Gasteiger partial charge >= 0.3 is 11.7 Å². The van der Waals surface area contributed by atoms with E-state index in [4.69, 9.17) is 4.42 Å². The minimum Gasteiger partial charge on any atom is -0.467 e. The maximum Gasteiger partial charge on any atom is 0.437 e. The topological polar surface area (TPSA) is 103 Å². The van der Waals surface area contributed by atoms with Crippen LogP contribution < -0.4 is 11.1 Å². The van der Waals surface area contributed by atoms with Crippen LogP contribution in [0.3, 0.4) is 0 Å². The molecule has 26 heavy (non-hydrogen) atoms. The highest BCUT2D eigenvalue weighted by atomic mass is 32.2. The Morgan fingerprint density at radius 1 is 1.38 bits per heavy atom. The number of hydrogen-bond acceptors (Lipinski definition) is 7. The molecule has 2 aromatic rings. The van der Waals surface area contributed by atoms with E-state index in [-0.39, 0.29) is 5.89 Å². The van der Waals surface area contributed by atoms with Crippen molar-refractivity contribution in [3.05, 3.63) is 40.6 Å². The Balaban J connectivity index is 2.07. The lowest BCUT2D eigenvalue weighted by Gasteiger charge is -2.15. The van der Waals surface area contributed by atoms with Crippen LogP contribution in [0.4, 0.5) is 4.39 Å². The maximum absolute atomic E-state index is 13.0. The molecular weight excluding hydrogens is 365 g/mol. The second kappa shape index (κ2) is 9.18. The van der Waals surface area contributed by atoms with Gasteiger partial charge in [0.2, 0.25) is 11.8 Å². The zero-order valence-electron chi connectivity index (χ0n) is 14.2. The summed E-state index contributed by atoms with van der Waals surface area (Å²) in [6, 6.07) is 4.40. The van der Waals surface area contributed by atoms with Crippen molar-refractivity contribution in [3.63, 3.8) is 0 Å². The Labute approximate surface area is 152 Å². The Morgan fingerprint density at radius 3 is 2.69 bits per heavy atom. The molecule has 0 aliphatic rings. The van der Waals surface area contributed by atoms with Crippen molar-refractivity contribution in [1.82, 2.24) is 15.1 Å². The summed E-state index contributed by atoms with van der Waals surface area (Å²) >= 11 is 1.52. The zero-order chi connectivity index (χ0) is 19.1.